The Balaban J connectivity index is 1.90. The van der Waals surface area contributed by atoms with Gasteiger partial charge in [0, 0.05) is 18.1 Å². The van der Waals surface area contributed by atoms with Crippen molar-refractivity contribution in [1.82, 2.24) is 15.3 Å². The van der Waals surface area contributed by atoms with Gasteiger partial charge in [0.15, 0.2) is 0 Å². The number of benzene rings is 1. The van der Waals surface area contributed by atoms with Gasteiger partial charge in [0.1, 0.15) is 5.82 Å². The van der Waals surface area contributed by atoms with Gasteiger partial charge in [-0.05, 0) is 19.1 Å². The molecule has 0 aliphatic rings. The van der Waals surface area contributed by atoms with E-state index in [2.05, 4.69) is 20.6 Å². The Morgan fingerprint density at radius 3 is 2.76 bits per heavy atom. The highest BCUT2D eigenvalue weighted by Crippen LogP contribution is 2.07. The summed E-state index contributed by atoms with van der Waals surface area (Å²) in [7, 11) is 0. The Morgan fingerprint density at radius 2 is 2.12 bits per heavy atom. The third-order valence-electron chi connectivity index (χ3n) is 2.31. The number of imidazole rings is 1. The van der Waals surface area contributed by atoms with Crippen LogP contribution >= 0.6 is 0 Å². The first-order chi connectivity index (χ1) is 8.25. The molecular weight excluding hydrogens is 216 g/mol. The van der Waals surface area contributed by atoms with Gasteiger partial charge in [-0.2, -0.15) is 0 Å². The lowest BCUT2D eigenvalue weighted by Crippen LogP contribution is -2.31. The number of aromatic nitrogens is 2. The first-order valence-corrected chi connectivity index (χ1v) is 5.37. The summed E-state index contributed by atoms with van der Waals surface area (Å²) >= 11 is 0. The molecule has 1 aromatic heterocycles. The molecule has 0 fully saturated rings. The van der Waals surface area contributed by atoms with Crippen LogP contribution < -0.4 is 10.6 Å². The summed E-state index contributed by atoms with van der Waals surface area (Å²) in [5.74, 6) is 0.730. The molecule has 0 spiro atoms. The van der Waals surface area contributed by atoms with E-state index in [-0.39, 0.29) is 12.1 Å². The van der Waals surface area contributed by atoms with Crippen LogP contribution in [-0.4, -0.2) is 16.0 Å². The van der Waals surface area contributed by atoms with Crippen LogP contribution in [-0.2, 0) is 0 Å². The number of carbonyl (C=O) groups excluding carboxylic acids is 1. The van der Waals surface area contributed by atoms with Crippen molar-refractivity contribution in [2.45, 2.75) is 13.0 Å². The van der Waals surface area contributed by atoms with Crippen molar-refractivity contribution in [2.24, 2.45) is 0 Å². The number of hydrogen-bond acceptors (Lipinski definition) is 2. The van der Waals surface area contributed by atoms with E-state index in [1.165, 1.54) is 0 Å². The lowest BCUT2D eigenvalue weighted by Gasteiger charge is -2.12. The van der Waals surface area contributed by atoms with Crippen LogP contribution in [0.15, 0.2) is 42.7 Å². The summed E-state index contributed by atoms with van der Waals surface area (Å²) in [5.41, 5.74) is 0.761. The molecule has 2 amide bonds. The zero-order chi connectivity index (χ0) is 12.1. The van der Waals surface area contributed by atoms with Gasteiger partial charge in [0.2, 0.25) is 0 Å². The molecule has 1 aromatic carbocycles. The van der Waals surface area contributed by atoms with Crippen LogP contribution in [0.4, 0.5) is 10.5 Å². The Kier molecular flexibility index (Phi) is 3.40. The van der Waals surface area contributed by atoms with Gasteiger partial charge in [-0.15, -0.1) is 0 Å². The monoisotopic (exact) mass is 230 g/mol. The normalized spacial score (nSPS) is 11.8. The molecule has 1 heterocycles. The summed E-state index contributed by atoms with van der Waals surface area (Å²) in [4.78, 5) is 18.7. The predicted octanol–water partition coefficient (Wildman–Crippen LogP) is 2.29. The van der Waals surface area contributed by atoms with Crippen molar-refractivity contribution in [1.29, 1.82) is 0 Å². The molecule has 0 radical (unpaired) electrons. The first-order valence-electron chi connectivity index (χ1n) is 5.37. The minimum absolute atomic E-state index is 0.159. The standard InChI is InChI=1S/C12H14N4O/c1-9(11-13-7-8-14-11)15-12(17)16-10-5-3-2-4-6-10/h2-9H,1H3,(H,13,14)(H2,15,16,17). The van der Waals surface area contributed by atoms with Crippen LogP contribution in [0.3, 0.4) is 0 Å². The molecule has 88 valence electrons. The minimum atomic E-state index is -0.250. The van der Waals surface area contributed by atoms with Gasteiger partial charge < -0.3 is 15.6 Å². The predicted molar refractivity (Wildman–Crippen MR) is 65.6 cm³/mol. The molecule has 0 saturated heterocycles. The Labute approximate surface area is 99.3 Å². The van der Waals surface area contributed by atoms with Crippen molar-refractivity contribution in [3.63, 3.8) is 0 Å². The highest BCUT2D eigenvalue weighted by Gasteiger charge is 2.10. The van der Waals surface area contributed by atoms with Gasteiger partial charge >= 0.3 is 6.03 Å². The van der Waals surface area contributed by atoms with Gasteiger partial charge in [0.25, 0.3) is 0 Å². The van der Waals surface area contributed by atoms with E-state index in [4.69, 9.17) is 0 Å². The maximum atomic E-state index is 11.7. The van der Waals surface area contributed by atoms with E-state index in [0.717, 1.165) is 11.5 Å². The van der Waals surface area contributed by atoms with Crippen molar-refractivity contribution in [3.8, 4) is 0 Å². The molecule has 17 heavy (non-hydrogen) atoms. The number of nitrogens with zero attached hydrogens (tertiary/aromatic N) is 1. The Hall–Kier alpha value is -2.30. The largest absolute Gasteiger partial charge is 0.347 e. The highest BCUT2D eigenvalue weighted by atomic mass is 16.2. The van der Waals surface area contributed by atoms with E-state index in [0.29, 0.717) is 0 Å². The number of hydrogen-bond donors (Lipinski definition) is 3. The van der Waals surface area contributed by atoms with Crippen LogP contribution in [0.2, 0.25) is 0 Å². The number of para-hydroxylation sites is 1. The zero-order valence-corrected chi connectivity index (χ0v) is 9.47. The Bertz CT molecular complexity index is 467. The second kappa shape index (κ2) is 5.16. The molecule has 3 N–H and O–H groups in total. The number of urea groups is 1. The number of aromatic amines is 1. The smallest absolute Gasteiger partial charge is 0.319 e. The van der Waals surface area contributed by atoms with Gasteiger partial charge in [0.05, 0.1) is 6.04 Å². The fourth-order valence-corrected chi connectivity index (χ4v) is 1.47. The maximum absolute atomic E-state index is 11.7. The average Bonchev–Trinajstić information content (AvgIpc) is 2.83. The summed E-state index contributed by atoms with van der Waals surface area (Å²) in [6.07, 6.45) is 3.38. The molecule has 5 nitrogen and oxygen atoms in total. The molecule has 1 atom stereocenters. The molecular formula is C12H14N4O. The van der Waals surface area contributed by atoms with Crippen molar-refractivity contribution in [3.05, 3.63) is 48.5 Å². The molecule has 0 aliphatic heterocycles. The molecule has 0 aliphatic carbocycles. The highest BCUT2D eigenvalue weighted by molar-refractivity contribution is 5.89. The van der Waals surface area contributed by atoms with Crippen LogP contribution in [0.5, 0.6) is 0 Å². The molecule has 2 rings (SSSR count). The van der Waals surface area contributed by atoms with Crippen molar-refractivity contribution < 1.29 is 4.79 Å². The molecule has 2 aromatic rings. The SMILES string of the molecule is CC(NC(=O)Nc1ccccc1)c1ncc[nH]1. The van der Waals surface area contributed by atoms with Crippen LogP contribution in [0.1, 0.15) is 18.8 Å². The second-order valence-electron chi connectivity index (χ2n) is 3.66. The van der Waals surface area contributed by atoms with E-state index in [1.807, 2.05) is 37.3 Å². The fraction of sp³-hybridized carbons (Fsp3) is 0.167. The summed E-state index contributed by atoms with van der Waals surface area (Å²) < 4.78 is 0. The van der Waals surface area contributed by atoms with E-state index < -0.39 is 0 Å². The number of carbonyl (C=O) groups is 1. The van der Waals surface area contributed by atoms with E-state index >= 15 is 0 Å². The van der Waals surface area contributed by atoms with Crippen LogP contribution in [0.25, 0.3) is 0 Å². The number of amides is 2. The topological polar surface area (TPSA) is 69.8 Å². The number of nitrogens with one attached hydrogen (secondary N) is 3. The summed E-state index contributed by atoms with van der Waals surface area (Å²) in [5, 5.41) is 5.53. The lowest BCUT2D eigenvalue weighted by molar-refractivity contribution is 0.249. The summed E-state index contributed by atoms with van der Waals surface area (Å²) in [6.45, 7) is 1.86. The second-order valence-corrected chi connectivity index (χ2v) is 3.66. The van der Waals surface area contributed by atoms with Crippen LogP contribution in [0, 0.1) is 0 Å². The number of H-pyrrole nitrogens is 1. The number of rotatable bonds is 3. The molecule has 5 heteroatoms. The van der Waals surface area contributed by atoms with Gasteiger partial charge in [-0.3, -0.25) is 0 Å². The fourth-order valence-electron chi connectivity index (χ4n) is 1.47. The third kappa shape index (κ3) is 3.07. The maximum Gasteiger partial charge on any atom is 0.319 e. The minimum Gasteiger partial charge on any atom is -0.347 e. The molecule has 0 bridgehead atoms. The number of anilines is 1. The molecule has 0 saturated carbocycles. The van der Waals surface area contributed by atoms with Crippen molar-refractivity contribution >= 4 is 11.7 Å². The lowest BCUT2D eigenvalue weighted by atomic mass is 10.3. The van der Waals surface area contributed by atoms with Crippen molar-refractivity contribution in [2.75, 3.05) is 5.32 Å². The van der Waals surface area contributed by atoms with Gasteiger partial charge in [-0.1, -0.05) is 18.2 Å². The quantitative estimate of drug-likeness (QED) is 0.757. The third-order valence-corrected chi connectivity index (χ3v) is 2.31. The Morgan fingerprint density at radius 1 is 1.35 bits per heavy atom. The van der Waals surface area contributed by atoms with E-state index in [1.54, 1.807) is 12.4 Å². The van der Waals surface area contributed by atoms with E-state index in [9.17, 15) is 4.79 Å². The van der Waals surface area contributed by atoms with Gasteiger partial charge in [-0.25, -0.2) is 9.78 Å². The zero-order valence-electron chi connectivity index (χ0n) is 9.47. The average molecular weight is 230 g/mol. The first kappa shape index (κ1) is 11.2. The molecule has 1 unspecified atom stereocenters. The summed E-state index contributed by atoms with van der Waals surface area (Å²) in [6, 6.07) is 8.88.